The number of nitrogens with one attached hydrogen (secondary N) is 1. The fraction of sp³-hybridized carbons (Fsp3) is 0.500. The van der Waals surface area contributed by atoms with Crippen LogP contribution in [-0.4, -0.2) is 22.1 Å². The van der Waals surface area contributed by atoms with Gasteiger partial charge in [-0.25, -0.2) is 13.1 Å². The number of nitrogens with two attached hydrogens (primary N) is 1. The Morgan fingerprint density at radius 1 is 1.47 bits per heavy atom. The molecule has 0 heterocycles. The number of halogens is 1. The number of anilines is 1. The van der Waals surface area contributed by atoms with Crippen LogP contribution in [0.25, 0.3) is 0 Å². The van der Waals surface area contributed by atoms with E-state index in [-0.39, 0.29) is 10.6 Å². The molecule has 106 valence electrons. The van der Waals surface area contributed by atoms with Crippen molar-refractivity contribution in [1.82, 2.24) is 4.72 Å². The summed E-state index contributed by atoms with van der Waals surface area (Å²) in [4.78, 5) is 0.0787. The molecular formula is C12H17BrN2O3S. The zero-order valence-electron chi connectivity index (χ0n) is 10.6. The average molecular weight is 349 g/mol. The minimum atomic E-state index is -3.59. The maximum atomic E-state index is 12.3. The van der Waals surface area contributed by atoms with E-state index in [1.54, 1.807) is 6.07 Å². The maximum absolute atomic E-state index is 12.3. The quantitative estimate of drug-likeness (QED) is 0.798. The van der Waals surface area contributed by atoms with E-state index < -0.39 is 10.0 Å². The highest BCUT2D eigenvalue weighted by atomic mass is 79.9. The van der Waals surface area contributed by atoms with Crippen molar-refractivity contribution >= 4 is 31.6 Å². The van der Waals surface area contributed by atoms with E-state index in [9.17, 15) is 8.42 Å². The summed E-state index contributed by atoms with van der Waals surface area (Å²) in [5.41, 5.74) is 6.11. The number of benzene rings is 1. The molecular weight excluding hydrogens is 332 g/mol. The molecule has 1 aliphatic rings. The number of rotatable bonds is 5. The van der Waals surface area contributed by atoms with Gasteiger partial charge in [0, 0.05) is 16.7 Å². The normalized spacial score (nSPS) is 16.1. The van der Waals surface area contributed by atoms with E-state index >= 15 is 0 Å². The molecule has 0 aromatic heterocycles. The fourth-order valence-electron chi connectivity index (χ4n) is 1.92. The van der Waals surface area contributed by atoms with Crippen LogP contribution in [0.5, 0.6) is 5.75 Å². The Morgan fingerprint density at radius 3 is 2.68 bits per heavy atom. The lowest BCUT2D eigenvalue weighted by atomic mass is 9.86. The zero-order valence-corrected chi connectivity index (χ0v) is 13.1. The van der Waals surface area contributed by atoms with Gasteiger partial charge in [0.15, 0.2) is 0 Å². The van der Waals surface area contributed by atoms with Crippen molar-refractivity contribution in [3.05, 3.63) is 16.6 Å². The molecule has 5 nitrogen and oxygen atoms in total. The molecule has 0 saturated heterocycles. The predicted molar refractivity (Wildman–Crippen MR) is 77.6 cm³/mol. The number of ether oxygens (including phenoxy) is 1. The van der Waals surface area contributed by atoms with Crippen LogP contribution >= 0.6 is 15.9 Å². The molecule has 0 unspecified atom stereocenters. The number of hydrogen-bond acceptors (Lipinski definition) is 4. The van der Waals surface area contributed by atoms with Gasteiger partial charge in [0.2, 0.25) is 10.0 Å². The summed E-state index contributed by atoms with van der Waals surface area (Å²) in [5, 5.41) is 0. The first kappa shape index (κ1) is 14.6. The molecule has 7 heteroatoms. The van der Waals surface area contributed by atoms with Crippen molar-refractivity contribution in [2.24, 2.45) is 5.92 Å². The van der Waals surface area contributed by atoms with Gasteiger partial charge in [0.1, 0.15) is 10.6 Å². The lowest BCUT2D eigenvalue weighted by molar-refractivity contribution is 0.316. The summed E-state index contributed by atoms with van der Waals surface area (Å²) in [6.07, 6.45) is 3.35. The molecule has 0 spiro atoms. The van der Waals surface area contributed by atoms with Crippen LogP contribution in [-0.2, 0) is 10.0 Å². The van der Waals surface area contributed by atoms with Gasteiger partial charge in [0.25, 0.3) is 0 Å². The van der Waals surface area contributed by atoms with Crippen molar-refractivity contribution in [3.8, 4) is 5.75 Å². The van der Waals surface area contributed by atoms with Crippen molar-refractivity contribution in [3.63, 3.8) is 0 Å². The summed E-state index contributed by atoms with van der Waals surface area (Å²) in [7, 11) is -2.16. The second kappa shape index (κ2) is 5.68. The van der Waals surface area contributed by atoms with Gasteiger partial charge < -0.3 is 10.5 Å². The Hall–Kier alpha value is -0.790. The molecule has 19 heavy (non-hydrogen) atoms. The Balaban J connectivity index is 2.25. The number of hydrogen-bond donors (Lipinski definition) is 2. The van der Waals surface area contributed by atoms with E-state index in [4.69, 9.17) is 10.5 Å². The molecule has 1 aromatic carbocycles. The van der Waals surface area contributed by atoms with Gasteiger partial charge in [0.05, 0.1) is 7.11 Å². The van der Waals surface area contributed by atoms with E-state index in [0.717, 1.165) is 12.8 Å². The standard InChI is InChI=1S/C12H17BrN2O3S/c1-18-11-5-9(13)10(14)6-12(11)19(16,17)15-7-8-3-2-4-8/h5-6,8,15H,2-4,7,14H2,1H3. The van der Waals surface area contributed by atoms with Gasteiger partial charge in [-0.1, -0.05) is 6.42 Å². The molecule has 0 amide bonds. The lowest BCUT2D eigenvalue weighted by Gasteiger charge is -2.25. The fourth-order valence-corrected chi connectivity index (χ4v) is 3.54. The van der Waals surface area contributed by atoms with Crippen LogP contribution in [0.1, 0.15) is 19.3 Å². The number of nitrogen functional groups attached to an aromatic ring is 1. The molecule has 2 rings (SSSR count). The minimum absolute atomic E-state index is 0.0787. The Labute approximate surface area is 121 Å². The summed E-state index contributed by atoms with van der Waals surface area (Å²) < 4.78 is 32.9. The van der Waals surface area contributed by atoms with Crippen LogP contribution in [0.2, 0.25) is 0 Å². The van der Waals surface area contributed by atoms with Gasteiger partial charge in [-0.3, -0.25) is 0 Å². The van der Waals surface area contributed by atoms with Crippen molar-refractivity contribution in [2.75, 3.05) is 19.4 Å². The third-order valence-corrected chi connectivity index (χ3v) is 5.49. The molecule has 1 aliphatic carbocycles. The minimum Gasteiger partial charge on any atom is -0.495 e. The largest absolute Gasteiger partial charge is 0.495 e. The first-order valence-corrected chi connectivity index (χ1v) is 8.34. The molecule has 0 bridgehead atoms. The summed E-state index contributed by atoms with van der Waals surface area (Å²) >= 11 is 3.25. The first-order chi connectivity index (χ1) is 8.94. The molecule has 0 atom stereocenters. The third-order valence-electron chi connectivity index (χ3n) is 3.36. The Kier molecular flexibility index (Phi) is 4.37. The summed E-state index contributed by atoms with van der Waals surface area (Å²) in [5.74, 6) is 0.732. The first-order valence-electron chi connectivity index (χ1n) is 6.06. The van der Waals surface area contributed by atoms with Crippen LogP contribution in [0.3, 0.4) is 0 Å². The van der Waals surface area contributed by atoms with Crippen LogP contribution in [0.15, 0.2) is 21.5 Å². The summed E-state index contributed by atoms with van der Waals surface area (Å²) in [6.45, 7) is 0.474. The van der Waals surface area contributed by atoms with Crippen molar-refractivity contribution < 1.29 is 13.2 Å². The smallest absolute Gasteiger partial charge is 0.244 e. The van der Waals surface area contributed by atoms with Crippen LogP contribution in [0, 0.1) is 5.92 Å². The highest BCUT2D eigenvalue weighted by Gasteiger charge is 2.24. The van der Waals surface area contributed by atoms with Crippen LogP contribution in [0.4, 0.5) is 5.69 Å². The zero-order chi connectivity index (χ0) is 14.0. The topological polar surface area (TPSA) is 81.4 Å². The highest BCUT2D eigenvalue weighted by molar-refractivity contribution is 9.10. The monoisotopic (exact) mass is 348 g/mol. The molecule has 3 N–H and O–H groups in total. The Bertz CT molecular complexity index is 571. The Morgan fingerprint density at radius 2 is 2.16 bits per heavy atom. The van der Waals surface area contributed by atoms with E-state index in [1.807, 2.05) is 0 Å². The molecule has 0 radical (unpaired) electrons. The van der Waals surface area contributed by atoms with Gasteiger partial charge in [-0.05, 0) is 46.8 Å². The van der Waals surface area contributed by atoms with Gasteiger partial charge in [-0.2, -0.15) is 0 Å². The van der Waals surface area contributed by atoms with Crippen molar-refractivity contribution in [2.45, 2.75) is 24.2 Å². The molecule has 1 aromatic rings. The van der Waals surface area contributed by atoms with E-state index in [2.05, 4.69) is 20.7 Å². The predicted octanol–water partition coefficient (Wildman–Crippen LogP) is 2.12. The second-order valence-corrected chi connectivity index (χ2v) is 7.26. The van der Waals surface area contributed by atoms with Crippen LogP contribution < -0.4 is 15.2 Å². The molecule has 1 fully saturated rings. The van der Waals surface area contributed by atoms with E-state index in [1.165, 1.54) is 19.6 Å². The summed E-state index contributed by atoms with van der Waals surface area (Å²) in [6, 6.07) is 2.97. The number of methoxy groups -OCH3 is 1. The molecule has 1 saturated carbocycles. The molecule has 0 aliphatic heterocycles. The average Bonchev–Trinajstić information content (AvgIpc) is 2.29. The van der Waals surface area contributed by atoms with E-state index in [0.29, 0.717) is 22.6 Å². The van der Waals surface area contributed by atoms with Crippen molar-refractivity contribution in [1.29, 1.82) is 0 Å². The van der Waals surface area contributed by atoms with Gasteiger partial charge >= 0.3 is 0 Å². The second-order valence-electron chi connectivity index (χ2n) is 4.67. The maximum Gasteiger partial charge on any atom is 0.244 e. The number of sulfonamides is 1. The SMILES string of the molecule is COc1cc(Br)c(N)cc1S(=O)(=O)NCC1CCC1. The third kappa shape index (κ3) is 3.21. The highest BCUT2D eigenvalue weighted by Crippen LogP contribution is 2.32. The van der Waals surface area contributed by atoms with Gasteiger partial charge in [-0.15, -0.1) is 0 Å². The lowest BCUT2D eigenvalue weighted by Crippen LogP contribution is -2.32.